The number of nitrogens with one attached hydrogen (secondary N) is 1. The maximum absolute atomic E-state index is 12.1. The number of hydrogen-bond acceptors (Lipinski definition) is 2. The van der Waals surface area contributed by atoms with Crippen LogP contribution in [0.3, 0.4) is 0 Å². The van der Waals surface area contributed by atoms with E-state index >= 15 is 0 Å². The van der Waals surface area contributed by atoms with E-state index in [0.29, 0.717) is 10.6 Å². The molecule has 1 heterocycles. The monoisotopic (exact) mass is 264 g/mol. The first kappa shape index (κ1) is 14.5. The van der Waals surface area contributed by atoms with Gasteiger partial charge >= 0.3 is 0 Å². The topological polar surface area (TPSA) is 42.0 Å². The third-order valence-corrected chi connectivity index (χ3v) is 2.64. The highest BCUT2D eigenvalue weighted by Gasteiger charge is 2.11. The molecule has 1 aromatic heterocycles. The predicted molar refractivity (Wildman–Crippen MR) is 74.6 cm³/mol. The van der Waals surface area contributed by atoms with Gasteiger partial charge in [0.1, 0.15) is 0 Å². The van der Waals surface area contributed by atoms with E-state index in [-0.39, 0.29) is 5.91 Å². The fraction of sp³-hybridized carbons (Fsp3) is 0.286. The van der Waals surface area contributed by atoms with Gasteiger partial charge in [-0.1, -0.05) is 30.7 Å². The van der Waals surface area contributed by atoms with E-state index in [9.17, 15) is 4.79 Å². The number of allylic oxidation sites excluding steroid dienone is 3. The minimum atomic E-state index is -0.223. The summed E-state index contributed by atoms with van der Waals surface area (Å²) in [6.07, 6.45) is 8.10. The molecule has 1 aromatic rings. The van der Waals surface area contributed by atoms with Gasteiger partial charge in [-0.3, -0.25) is 9.78 Å². The molecule has 0 aliphatic heterocycles. The number of carbonyl (C=O) groups excluding carboxylic acids is 1. The lowest BCUT2D eigenvalue weighted by Crippen LogP contribution is -2.22. The predicted octanol–water partition coefficient (Wildman–Crippen LogP) is 3.64. The first-order chi connectivity index (χ1) is 8.58. The van der Waals surface area contributed by atoms with Gasteiger partial charge in [-0.15, -0.1) is 0 Å². The zero-order valence-electron chi connectivity index (χ0n) is 10.8. The molecule has 0 radical (unpaired) electrons. The Morgan fingerprint density at radius 3 is 2.89 bits per heavy atom. The molecule has 0 aliphatic rings. The molecule has 1 N–H and O–H groups in total. The Bertz CT molecular complexity index is 493. The minimum Gasteiger partial charge on any atom is -0.322 e. The van der Waals surface area contributed by atoms with Crippen molar-refractivity contribution < 1.29 is 4.79 Å². The first-order valence-electron chi connectivity index (χ1n) is 5.84. The molecule has 1 amide bonds. The van der Waals surface area contributed by atoms with Crippen molar-refractivity contribution in [2.24, 2.45) is 0 Å². The summed E-state index contributed by atoms with van der Waals surface area (Å²) in [6.45, 7) is 5.73. The number of rotatable bonds is 4. The molecule has 0 atom stereocenters. The average Bonchev–Trinajstić information content (AvgIpc) is 2.37. The van der Waals surface area contributed by atoms with Crippen LogP contribution in [0.5, 0.6) is 0 Å². The fourth-order valence-electron chi connectivity index (χ4n) is 1.37. The van der Waals surface area contributed by atoms with E-state index in [1.807, 2.05) is 39.0 Å². The van der Waals surface area contributed by atoms with Crippen molar-refractivity contribution in [1.82, 2.24) is 10.3 Å². The largest absolute Gasteiger partial charge is 0.322 e. The Morgan fingerprint density at radius 2 is 2.28 bits per heavy atom. The molecule has 0 bridgehead atoms. The Morgan fingerprint density at radius 1 is 1.56 bits per heavy atom. The molecule has 0 saturated carbocycles. The van der Waals surface area contributed by atoms with Crippen LogP contribution in [0.1, 0.15) is 36.3 Å². The van der Waals surface area contributed by atoms with Gasteiger partial charge in [0.25, 0.3) is 5.91 Å². The van der Waals surface area contributed by atoms with E-state index in [1.54, 1.807) is 6.07 Å². The standard InChI is InChI=1S/C14H17ClN2O/c1-4-6-7-11(5-2)17-14(18)12-8-10(3)16-9-13(12)15/h5-9H,4H2,1-3H3,(H,17,18)/b7-6-,11-5+. The van der Waals surface area contributed by atoms with Gasteiger partial charge in [-0.05, 0) is 32.4 Å². The summed E-state index contributed by atoms with van der Waals surface area (Å²) in [7, 11) is 0. The van der Waals surface area contributed by atoms with Gasteiger partial charge in [0.05, 0.1) is 10.6 Å². The fourth-order valence-corrected chi connectivity index (χ4v) is 1.56. The van der Waals surface area contributed by atoms with Gasteiger partial charge in [0.15, 0.2) is 0 Å². The number of halogens is 1. The van der Waals surface area contributed by atoms with Gasteiger partial charge in [0.2, 0.25) is 0 Å². The third kappa shape index (κ3) is 4.00. The number of aryl methyl sites for hydroxylation is 1. The zero-order valence-corrected chi connectivity index (χ0v) is 11.6. The summed E-state index contributed by atoms with van der Waals surface area (Å²) in [5, 5.41) is 3.16. The Balaban J connectivity index is 2.88. The van der Waals surface area contributed by atoms with E-state index in [4.69, 9.17) is 11.6 Å². The Hall–Kier alpha value is -1.61. The number of hydrogen-bond donors (Lipinski definition) is 1. The van der Waals surface area contributed by atoms with Crippen molar-refractivity contribution in [1.29, 1.82) is 0 Å². The van der Waals surface area contributed by atoms with E-state index in [1.165, 1.54) is 6.20 Å². The molecule has 1 rings (SSSR count). The molecule has 0 aromatic carbocycles. The molecule has 18 heavy (non-hydrogen) atoms. The second-order valence-corrected chi connectivity index (χ2v) is 4.22. The normalized spacial score (nSPS) is 11.9. The number of pyridine rings is 1. The zero-order chi connectivity index (χ0) is 13.5. The van der Waals surface area contributed by atoms with Crippen molar-refractivity contribution in [2.75, 3.05) is 0 Å². The van der Waals surface area contributed by atoms with Crippen LogP contribution in [0, 0.1) is 6.92 Å². The average molecular weight is 265 g/mol. The van der Waals surface area contributed by atoms with Crippen LogP contribution >= 0.6 is 11.6 Å². The summed E-state index contributed by atoms with van der Waals surface area (Å²) in [5.74, 6) is -0.223. The van der Waals surface area contributed by atoms with Crippen LogP contribution in [0.4, 0.5) is 0 Å². The van der Waals surface area contributed by atoms with Crippen LogP contribution in [-0.4, -0.2) is 10.9 Å². The van der Waals surface area contributed by atoms with Crippen molar-refractivity contribution in [3.8, 4) is 0 Å². The second-order valence-electron chi connectivity index (χ2n) is 3.81. The van der Waals surface area contributed by atoms with Gasteiger partial charge in [-0.25, -0.2) is 0 Å². The van der Waals surface area contributed by atoms with Crippen molar-refractivity contribution >= 4 is 17.5 Å². The quantitative estimate of drug-likeness (QED) is 0.844. The van der Waals surface area contributed by atoms with Gasteiger partial charge in [-0.2, -0.15) is 0 Å². The Kier molecular flexibility index (Phi) is 5.59. The van der Waals surface area contributed by atoms with Crippen LogP contribution in [0.25, 0.3) is 0 Å². The summed E-state index contributed by atoms with van der Waals surface area (Å²) in [4.78, 5) is 16.1. The molecule has 0 saturated heterocycles. The Labute approximate surface area is 113 Å². The molecule has 0 unspecified atom stereocenters. The van der Waals surface area contributed by atoms with Crippen LogP contribution in [-0.2, 0) is 0 Å². The lowest BCUT2D eigenvalue weighted by Gasteiger charge is -2.07. The summed E-state index contributed by atoms with van der Waals surface area (Å²) < 4.78 is 0. The van der Waals surface area contributed by atoms with Crippen molar-refractivity contribution in [3.05, 3.63) is 52.5 Å². The third-order valence-electron chi connectivity index (χ3n) is 2.34. The molecule has 0 spiro atoms. The summed E-state index contributed by atoms with van der Waals surface area (Å²) >= 11 is 5.96. The van der Waals surface area contributed by atoms with E-state index in [0.717, 1.165) is 17.8 Å². The maximum atomic E-state index is 12.1. The molecule has 0 fully saturated rings. The molecule has 0 aliphatic carbocycles. The van der Waals surface area contributed by atoms with E-state index in [2.05, 4.69) is 10.3 Å². The van der Waals surface area contributed by atoms with E-state index < -0.39 is 0 Å². The number of aromatic nitrogens is 1. The first-order valence-corrected chi connectivity index (χ1v) is 6.22. The highest BCUT2D eigenvalue weighted by Crippen LogP contribution is 2.15. The van der Waals surface area contributed by atoms with Crippen LogP contribution < -0.4 is 5.32 Å². The summed E-state index contributed by atoms with van der Waals surface area (Å²) in [5.41, 5.74) is 1.96. The number of amides is 1. The van der Waals surface area contributed by atoms with Gasteiger partial charge < -0.3 is 5.32 Å². The minimum absolute atomic E-state index is 0.223. The number of nitrogens with zero attached hydrogens (tertiary/aromatic N) is 1. The molecular weight excluding hydrogens is 248 g/mol. The summed E-state index contributed by atoms with van der Waals surface area (Å²) in [6, 6.07) is 1.68. The lowest BCUT2D eigenvalue weighted by atomic mass is 10.2. The van der Waals surface area contributed by atoms with Crippen molar-refractivity contribution in [3.63, 3.8) is 0 Å². The highest BCUT2D eigenvalue weighted by molar-refractivity contribution is 6.33. The van der Waals surface area contributed by atoms with Crippen LogP contribution in [0.15, 0.2) is 36.2 Å². The van der Waals surface area contributed by atoms with Gasteiger partial charge in [0, 0.05) is 17.6 Å². The smallest absolute Gasteiger partial charge is 0.257 e. The SMILES string of the molecule is C/C=C(\C=C/CC)NC(=O)c1cc(C)ncc1Cl. The molecule has 96 valence electrons. The highest BCUT2D eigenvalue weighted by atomic mass is 35.5. The lowest BCUT2D eigenvalue weighted by molar-refractivity contribution is 0.0967. The molecular formula is C14H17ClN2O. The van der Waals surface area contributed by atoms with Crippen molar-refractivity contribution in [2.45, 2.75) is 27.2 Å². The maximum Gasteiger partial charge on any atom is 0.257 e. The molecule has 3 nitrogen and oxygen atoms in total. The molecule has 4 heteroatoms. The van der Waals surface area contributed by atoms with Crippen LogP contribution in [0.2, 0.25) is 5.02 Å². The number of carbonyl (C=O) groups is 1. The second kappa shape index (κ2) is 6.97.